The van der Waals surface area contributed by atoms with Crippen molar-refractivity contribution in [3.05, 3.63) is 186 Å². The van der Waals surface area contributed by atoms with E-state index in [2.05, 4.69) is 181 Å². The first-order chi connectivity index (χ1) is 26.0. The summed E-state index contributed by atoms with van der Waals surface area (Å²) in [6, 6.07) is 49.1. The van der Waals surface area contributed by atoms with Crippen molar-refractivity contribution in [2.24, 2.45) is 9.12 Å². The Bertz CT molecular complexity index is 2700. The molecule has 7 aromatic rings. The lowest BCUT2D eigenvalue weighted by Gasteiger charge is -2.16. The number of hydrogen-bond donors (Lipinski definition) is 0. The third-order valence-corrected chi connectivity index (χ3v) is 13.6. The highest BCUT2D eigenvalue weighted by atomic mass is 127. The van der Waals surface area contributed by atoms with Crippen molar-refractivity contribution in [2.75, 3.05) is 0 Å². The van der Waals surface area contributed by atoms with Gasteiger partial charge < -0.3 is 9.30 Å². The van der Waals surface area contributed by atoms with Gasteiger partial charge in [0.05, 0.1) is 17.0 Å². The second-order valence-electron chi connectivity index (χ2n) is 14.1. The molecule has 0 bridgehead atoms. The van der Waals surface area contributed by atoms with Gasteiger partial charge in [0.2, 0.25) is 5.90 Å². The molecule has 260 valence electrons. The maximum atomic E-state index is 6.34. The summed E-state index contributed by atoms with van der Waals surface area (Å²) in [5, 5.41) is 2.54. The van der Waals surface area contributed by atoms with Gasteiger partial charge in [-0.05, 0) is 113 Å². The van der Waals surface area contributed by atoms with Crippen molar-refractivity contribution < 1.29 is 4.74 Å². The molecule has 0 amide bonds. The Kier molecular flexibility index (Phi) is 8.92. The van der Waals surface area contributed by atoms with E-state index in [1.54, 1.807) is 0 Å². The topological polar surface area (TPSA) is 26.5 Å². The highest BCUT2D eigenvalue weighted by Gasteiger charge is 2.23. The van der Waals surface area contributed by atoms with E-state index in [4.69, 9.17) is 7.94 Å². The van der Waals surface area contributed by atoms with Gasteiger partial charge in [-0.15, -0.1) is 0 Å². The minimum Gasteiger partial charge on any atom is -0.434 e. The maximum absolute atomic E-state index is 6.34. The monoisotopic (exact) mass is 800 g/mol. The molecule has 9 rings (SSSR count). The standard InChI is InChI=1S/C49H41IN2O/c1-33-18-23-36(25-20-35-21-26-37(27-22-35)48-50(3)51-49(53-48)38-12-6-4-7-13-38)44(30-33)43-31-39(24-19-34(43)2)40-28-29-47-45(32-40)42-16-10-11-17-46(42)52(47)41-14-8-5-9-15-41/h4-12,14-19,21-24,26-32,38H,3,13,20,25H2,1-2H3. The van der Waals surface area contributed by atoms with Gasteiger partial charge in [-0.2, -0.15) is 3.21 Å². The molecule has 0 N–H and O–H groups in total. The Labute approximate surface area is 318 Å². The molecule has 2 heterocycles. The second kappa shape index (κ2) is 14.2. The maximum Gasteiger partial charge on any atom is 0.207 e. The first-order valence-electron chi connectivity index (χ1n) is 18.3. The number of nitrogens with zero attached hydrogens (tertiary/aromatic N) is 2. The average molecular weight is 801 g/mol. The number of aryl methyl sites for hydroxylation is 4. The van der Waals surface area contributed by atoms with Gasteiger partial charge in [-0.1, -0.05) is 127 Å². The fourth-order valence-corrected chi connectivity index (χ4v) is 10.5. The minimum atomic E-state index is -1.94. The van der Waals surface area contributed by atoms with Crippen molar-refractivity contribution in [3.63, 3.8) is 0 Å². The number of ether oxygens (including phenoxy) is 1. The summed E-state index contributed by atoms with van der Waals surface area (Å²) < 4.78 is 19.0. The largest absolute Gasteiger partial charge is 0.434 e. The molecule has 1 atom stereocenters. The van der Waals surface area contributed by atoms with Gasteiger partial charge in [-0.3, -0.25) is 0 Å². The van der Waals surface area contributed by atoms with Crippen molar-refractivity contribution >= 4 is 55.1 Å². The summed E-state index contributed by atoms with van der Waals surface area (Å²) in [5.41, 5.74) is 15.1. The van der Waals surface area contributed by atoms with Crippen LogP contribution in [0.15, 0.2) is 161 Å². The van der Waals surface area contributed by atoms with Crippen molar-refractivity contribution in [3.8, 4) is 27.9 Å². The van der Waals surface area contributed by atoms with Crippen LogP contribution in [0.3, 0.4) is 0 Å². The van der Waals surface area contributed by atoms with Gasteiger partial charge >= 0.3 is 0 Å². The lowest BCUT2D eigenvalue weighted by Crippen LogP contribution is -2.17. The Morgan fingerprint density at radius 3 is 2.28 bits per heavy atom. The average Bonchev–Trinajstić information content (AvgIpc) is 3.76. The third-order valence-electron chi connectivity index (χ3n) is 10.6. The minimum absolute atomic E-state index is 0.225. The zero-order valence-electron chi connectivity index (χ0n) is 30.1. The Morgan fingerprint density at radius 2 is 1.45 bits per heavy atom. The highest BCUT2D eigenvalue weighted by molar-refractivity contribution is 14.2. The molecule has 0 fully saturated rings. The molecule has 53 heavy (non-hydrogen) atoms. The molecule has 0 saturated carbocycles. The van der Waals surface area contributed by atoms with Gasteiger partial charge in [-0.25, -0.2) is 0 Å². The molecule has 1 aromatic heterocycles. The van der Waals surface area contributed by atoms with Crippen LogP contribution in [0, 0.1) is 19.8 Å². The first kappa shape index (κ1) is 33.4. The molecular weight excluding hydrogens is 759 g/mol. The molecule has 4 heteroatoms. The molecule has 0 spiro atoms. The summed E-state index contributed by atoms with van der Waals surface area (Å²) in [4.78, 5) is 0. The summed E-state index contributed by atoms with van der Waals surface area (Å²) >= 11 is -1.94. The second-order valence-corrected chi connectivity index (χ2v) is 17.5. The molecule has 1 aliphatic heterocycles. The zero-order chi connectivity index (χ0) is 35.9. The SMILES string of the molecule is C=I1=C(c2ccc(CCc3ccc(C)cc3-c3cc(-c4ccc5c(c4)c4ccccc4n5-c4ccccc4)ccc3C)cc2)OC(C2C=CC=CC2)=N1. The molecule has 0 radical (unpaired) electrons. The fraction of sp³-hybridized carbons (Fsp3) is 0.122. The zero-order valence-corrected chi connectivity index (χ0v) is 32.3. The third kappa shape index (κ3) is 6.46. The van der Waals surface area contributed by atoms with Crippen LogP contribution < -0.4 is 0 Å². The van der Waals surface area contributed by atoms with Crippen LogP contribution in [0.5, 0.6) is 0 Å². The Morgan fingerprint density at radius 1 is 0.698 bits per heavy atom. The molecule has 3 nitrogen and oxygen atoms in total. The number of benzene rings is 6. The van der Waals surface area contributed by atoms with Crippen molar-refractivity contribution in [1.82, 2.24) is 4.57 Å². The quantitative estimate of drug-likeness (QED) is 0.141. The number of fused-ring (bicyclic) bond motifs is 3. The van der Waals surface area contributed by atoms with Crippen molar-refractivity contribution in [1.29, 1.82) is 0 Å². The molecule has 2 aliphatic rings. The van der Waals surface area contributed by atoms with E-state index in [9.17, 15) is 0 Å². The van der Waals surface area contributed by atoms with Crippen LogP contribution in [0.4, 0.5) is 0 Å². The Balaban J connectivity index is 0.988. The van der Waals surface area contributed by atoms with E-state index >= 15 is 0 Å². The van der Waals surface area contributed by atoms with Crippen LogP contribution in [-0.2, 0) is 17.6 Å². The number of rotatable bonds is 8. The summed E-state index contributed by atoms with van der Waals surface area (Å²) in [6.45, 7) is 4.43. The van der Waals surface area contributed by atoms with E-state index in [0.717, 1.165) is 34.4 Å². The molecule has 1 aliphatic carbocycles. The van der Waals surface area contributed by atoms with E-state index in [0.29, 0.717) is 0 Å². The van der Waals surface area contributed by atoms with Gasteiger partial charge in [0.25, 0.3) is 0 Å². The highest BCUT2D eigenvalue weighted by Crippen LogP contribution is 2.38. The number of allylic oxidation sites excluding steroid dienone is 3. The smallest absolute Gasteiger partial charge is 0.207 e. The first-order valence-corrected chi connectivity index (χ1v) is 21.9. The van der Waals surface area contributed by atoms with Crippen LogP contribution >= 0.6 is 19.1 Å². The summed E-state index contributed by atoms with van der Waals surface area (Å²) in [6.07, 6.45) is 11.4. The number of aromatic nitrogens is 1. The summed E-state index contributed by atoms with van der Waals surface area (Å²) in [5.74, 6) is 1.07. The number of halogens is 1. The number of hydrogen-bond acceptors (Lipinski definition) is 2. The lowest BCUT2D eigenvalue weighted by atomic mass is 9.89. The van der Waals surface area contributed by atoms with Crippen molar-refractivity contribution in [2.45, 2.75) is 33.1 Å². The normalized spacial score (nSPS) is 15.7. The van der Waals surface area contributed by atoms with Crippen LogP contribution in [0.1, 0.15) is 34.2 Å². The van der Waals surface area contributed by atoms with E-state index in [1.807, 2.05) is 0 Å². The van der Waals surface area contributed by atoms with Gasteiger partial charge in [0.1, 0.15) is 0 Å². The van der Waals surface area contributed by atoms with E-state index < -0.39 is 19.1 Å². The fourth-order valence-electron chi connectivity index (χ4n) is 7.72. The van der Waals surface area contributed by atoms with Crippen LogP contribution in [0.2, 0.25) is 0 Å². The number of para-hydroxylation sites is 2. The van der Waals surface area contributed by atoms with Gasteiger partial charge in [0.15, 0.2) is 3.69 Å². The predicted molar refractivity (Wildman–Crippen MR) is 235 cm³/mol. The van der Waals surface area contributed by atoms with Crippen LogP contribution in [-0.4, -0.2) is 18.7 Å². The van der Waals surface area contributed by atoms with Crippen LogP contribution in [0.25, 0.3) is 49.7 Å². The lowest BCUT2D eigenvalue weighted by molar-refractivity contribution is 0.522. The molecule has 1 unspecified atom stereocenters. The predicted octanol–water partition coefficient (Wildman–Crippen LogP) is 12.4. The van der Waals surface area contributed by atoms with E-state index in [-0.39, 0.29) is 5.92 Å². The Hall–Kier alpha value is -5.46. The molecule has 6 aromatic carbocycles. The van der Waals surface area contributed by atoms with E-state index in [1.165, 1.54) is 72.0 Å². The molecular formula is C49H41IN2O. The molecule has 0 saturated heterocycles. The van der Waals surface area contributed by atoms with Gasteiger partial charge in [0, 0.05) is 41.2 Å². The summed E-state index contributed by atoms with van der Waals surface area (Å²) in [7, 11) is 0.